The lowest BCUT2D eigenvalue weighted by atomic mass is 9.85. The number of amides is 2. The van der Waals surface area contributed by atoms with E-state index in [1.54, 1.807) is 32.1 Å². The number of aliphatic hydroxyl groups is 1. The molecule has 1 saturated heterocycles. The van der Waals surface area contributed by atoms with Crippen LogP contribution < -0.4 is 16.4 Å². The third-order valence-corrected chi connectivity index (χ3v) is 8.06. The van der Waals surface area contributed by atoms with E-state index in [1.165, 1.54) is 20.3 Å². The second-order valence-corrected chi connectivity index (χ2v) is 11.7. The van der Waals surface area contributed by atoms with Gasteiger partial charge in [-0.2, -0.15) is 0 Å². The first-order valence-electron chi connectivity index (χ1n) is 14.9. The first-order valence-corrected chi connectivity index (χ1v) is 14.9. The summed E-state index contributed by atoms with van der Waals surface area (Å²) in [6, 6.07) is 0. The van der Waals surface area contributed by atoms with Gasteiger partial charge in [0.15, 0.2) is 6.10 Å². The number of rotatable bonds is 7. The first-order chi connectivity index (χ1) is 20.9. The number of nitrogens with two attached hydrogens (primary N) is 1. The highest BCUT2D eigenvalue weighted by Crippen LogP contribution is 2.29. The van der Waals surface area contributed by atoms with Gasteiger partial charge in [0.05, 0.1) is 23.6 Å². The molecule has 12 nitrogen and oxygen atoms in total. The number of ether oxygens (including phenoxy) is 3. The third-order valence-electron chi connectivity index (χ3n) is 8.06. The van der Waals surface area contributed by atoms with Crippen molar-refractivity contribution in [2.24, 2.45) is 17.6 Å². The van der Waals surface area contributed by atoms with Crippen molar-refractivity contribution in [2.75, 3.05) is 40.4 Å². The van der Waals surface area contributed by atoms with Crippen molar-refractivity contribution in [3.8, 4) is 0 Å². The topological polar surface area (TPSA) is 169 Å². The molecule has 6 atom stereocenters. The van der Waals surface area contributed by atoms with E-state index in [1.807, 2.05) is 13.8 Å². The summed E-state index contributed by atoms with van der Waals surface area (Å²) in [6.07, 6.45) is 3.97. The van der Waals surface area contributed by atoms with Crippen LogP contribution in [0, 0.1) is 11.8 Å². The minimum atomic E-state index is -0.994. The van der Waals surface area contributed by atoms with Crippen LogP contribution in [0.2, 0.25) is 0 Å². The SMILES string of the molecule is CO[C@H]1/C=C\C=C(/C)C(=O)NC2=CC(=O)C(NCCN3CC3)=C(C[C@@H](C)C[C@H](OC)[C@H](O)[C@@H](C)/C=C(\C)[C@@H]1OC(N)=O)C2=O. The zero-order valence-electron chi connectivity index (χ0n) is 26.4. The summed E-state index contributed by atoms with van der Waals surface area (Å²) in [4.78, 5) is 54.0. The Kier molecular flexibility index (Phi) is 12.6. The van der Waals surface area contributed by atoms with Gasteiger partial charge in [0.2, 0.25) is 11.6 Å². The third kappa shape index (κ3) is 9.46. The van der Waals surface area contributed by atoms with E-state index in [4.69, 9.17) is 19.9 Å². The first kappa shape index (κ1) is 34.9. The van der Waals surface area contributed by atoms with Crippen molar-refractivity contribution in [2.45, 2.75) is 65.0 Å². The highest BCUT2D eigenvalue weighted by atomic mass is 16.6. The van der Waals surface area contributed by atoms with Gasteiger partial charge in [0.25, 0.3) is 5.91 Å². The van der Waals surface area contributed by atoms with E-state index in [-0.39, 0.29) is 40.7 Å². The number of fused-ring (bicyclic) bond motifs is 2. The van der Waals surface area contributed by atoms with Crippen LogP contribution in [0.15, 0.2) is 58.5 Å². The molecule has 0 aromatic carbocycles. The van der Waals surface area contributed by atoms with Crippen molar-refractivity contribution in [3.63, 3.8) is 0 Å². The number of primary amides is 1. The van der Waals surface area contributed by atoms with E-state index in [9.17, 15) is 24.3 Å². The van der Waals surface area contributed by atoms with Crippen molar-refractivity contribution >= 4 is 23.6 Å². The zero-order valence-corrected chi connectivity index (χ0v) is 26.4. The molecule has 1 aliphatic carbocycles. The smallest absolute Gasteiger partial charge is 0.405 e. The maximum atomic E-state index is 13.7. The van der Waals surface area contributed by atoms with Crippen LogP contribution in [0.1, 0.15) is 40.5 Å². The number of ketones is 2. The molecule has 44 heavy (non-hydrogen) atoms. The maximum absolute atomic E-state index is 13.7. The minimum Gasteiger partial charge on any atom is -0.439 e. The number of carbonyl (C=O) groups excluding carboxylic acids is 4. The molecule has 0 aromatic rings. The van der Waals surface area contributed by atoms with E-state index in [0.717, 1.165) is 25.7 Å². The molecular formula is C32H46N4O8. The van der Waals surface area contributed by atoms with Crippen molar-refractivity contribution in [1.82, 2.24) is 15.5 Å². The van der Waals surface area contributed by atoms with Crippen LogP contribution in [-0.4, -0.2) is 98.4 Å². The molecule has 2 bridgehead atoms. The highest BCUT2D eigenvalue weighted by molar-refractivity contribution is 6.23. The van der Waals surface area contributed by atoms with Crippen LogP contribution in [0.5, 0.6) is 0 Å². The largest absolute Gasteiger partial charge is 0.439 e. The molecule has 0 spiro atoms. The predicted octanol–water partition coefficient (Wildman–Crippen LogP) is 1.67. The summed E-state index contributed by atoms with van der Waals surface area (Å²) < 4.78 is 16.6. The highest BCUT2D eigenvalue weighted by Gasteiger charge is 2.33. The zero-order chi connectivity index (χ0) is 32.6. The molecule has 2 amide bonds. The standard InChI is InChI=1S/C32H46N4O8/c1-18-14-22-27(34-10-11-36-12-13-36)24(37)17-23(29(22)39)35-31(40)19(2)8-7-9-25(42-5)30(44-32(33)41)21(4)16-20(3)28(38)26(15-18)43-6/h7-9,16-18,20,25-26,28,30,34,38H,10-15H2,1-6H3,(H2,33,41)(H,35,40)/b9-7-,19-8+,21-16+/t18-,20+,25+,26+,28-,30+/m1/s1. The van der Waals surface area contributed by atoms with Gasteiger partial charge in [-0.25, -0.2) is 4.79 Å². The molecule has 0 saturated carbocycles. The number of hydrogen-bond donors (Lipinski definition) is 4. The van der Waals surface area contributed by atoms with Crippen LogP contribution in [0.4, 0.5) is 4.79 Å². The second-order valence-electron chi connectivity index (χ2n) is 11.7. The number of aliphatic hydroxyl groups excluding tert-OH is 1. The van der Waals surface area contributed by atoms with Gasteiger partial charge in [-0.3, -0.25) is 19.3 Å². The van der Waals surface area contributed by atoms with Gasteiger partial charge in [0, 0.05) is 63.5 Å². The number of allylic oxidation sites excluding steroid dienone is 4. The lowest BCUT2D eigenvalue weighted by molar-refractivity contribution is -0.120. The normalized spacial score (nSPS) is 32.5. The molecule has 12 heteroatoms. The summed E-state index contributed by atoms with van der Waals surface area (Å²) in [7, 11) is 2.94. The molecule has 242 valence electrons. The van der Waals surface area contributed by atoms with E-state index < -0.39 is 48.1 Å². The van der Waals surface area contributed by atoms with Crippen LogP contribution >= 0.6 is 0 Å². The van der Waals surface area contributed by atoms with Crippen molar-refractivity contribution in [3.05, 3.63) is 58.5 Å². The molecular weight excluding hydrogens is 568 g/mol. The summed E-state index contributed by atoms with van der Waals surface area (Å²) in [6.45, 7) is 10.3. The Morgan fingerprint density at radius 2 is 1.86 bits per heavy atom. The fourth-order valence-electron chi connectivity index (χ4n) is 5.41. The average Bonchev–Trinajstić information content (AvgIpc) is 3.80. The fourth-order valence-corrected chi connectivity index (χ4v) is 5.41. The van der Waals surface area contributed by atoms with E-state index in [2.05, 4.69) is 15.5 Å². The summed E-state index contributed by atoms with van der Waals surface area (Å²) in [5.41, 5.74) is 6.63. The van der Waals surface area contributed by atoms with Gasteiger partial charge < -0.3 is 35.7 Å². The van der Waals surface area contributed by atoms with Gasteiger partial charge >= 0.3 is 6.09 Å². The lowest BCUT2D eigenvalue weighted by Gasteiger charge is -2.30. The number of nitrogens with zero attached hydrogens (tertiary/aromatic N) is 1. The van der Waals surface area contributed by atoms with Gasteiger partial charge in [-0.1, -0.05) is 38.2 Å². The Morgan fingerprint density at radius 1 is 1.16 bits per heavy atom. The van der Waals surface area contributed by atoms with Crippen LogP contribution in [0.25, 0.3) is 0 Å². The van der Waals surface area contributed by atoms with Crippen LogP contribution in [-0.2, 0) is 28.6 Å². The van der Waals surface area contributed by atoms with Gasteiger partial charge in [0.1, 0.15) is 6.10 Å². The average molecular weight is 615 g/mol. The molecule has 1 fully saturated rings. The molecule has 3 rings (SSSR count). The predicted molar refractivity (Wildman–Crippen MR) is 164 cm³/mol. The second kappa shape index (κ2) is 15.9. The molecule has 2 heterocycles. The van der Waals surface area contributed by atoms with Gasteiger partial charge in [-0.05, 0) is 38.2 Å². The summed E-state index contributed by atoms with van der Waals surface area (Å²) in [5, 5.41) is 17.0. The number of Topliss-reactive ketones (excluding diaryl/α,β-unsaturated/α-hetero) is 1. The molecule has 3 aliphatic rings. The Balaban J connectivity index is 2.02. The number of hydrogen-bond acceptors (Lipinski definition) is 10. The lowest BCUT2D eigenvalue weighted by Crippen LogP contribution is -2.38. The van der Waals surface area contributed by atoms with Crippen LogP contribution in [0.3, 0.4) is 0 Å². The Bertz CT molecular complexity index is 1260. The molecule has 0 aromatic heterocycles. The molecule has 2 aliphatic heterocycles. The number of nitrogens with one attached hydrogen (secondary N) is 2. The Morgan fingerprint density at radius 3 is 2.48 bits per heavy atom. The number of carbonyl (C=O) groups is 4. The van der Waals surface area contributed by atoms with Crippen molar-refractivity contribution < 1.29 is 38.5 Å². The Hall–Kier alpha value is -3.58. The fraction of sp³-hybridized carbons (Fsp3) is 0.562. The van der Waals surface area contributed by atoms with E-state index >= 15 is 0 Å². The summed E-state index contributed by atoms with van der Waals surface area (Å²) >= 11 is 0. The maximum Gasteiger partial charge on any atom is 0.405 e. The monoisotopic (exact) mass is 614 g/mol. The summed E-state index contributed by atoms with van der Waals surface area (Å²) in [5.74, 6) is -2.00. The van der Waals surface area contributed by atoms with Crippen molar-refractivity contribution in [1.29, 1.82) is 0 Å². The number of methoxy groups -OCH3 is 2. The quantitative estimate of drug-likeness (QED) is 0.188. The van der Waals surface area contributed by atoms with Gasteiger partial charge in [-0.15, -0.1) is 0 Å². The Labute approximate surface area is 259 Å². The van der Waals surface area contributed by atoms with E-state index in [0.29, 0.717) is 18.5 Å². The molecule has 5 N–H and O–H groups in total. The minimum absolute atomic E-state index is 0.102. The molecule has 0 radical (unpaired) electrons. The molecule has 0 unspecified atom stereocenters.